The molecular formula is C16H25N2OP. The third kappa shape index (κ3) is 2.42. The number of benzene rings is 1. The van der Waals surface area contributed by atoms with Crippen molar-refractivity contribution in [1.82, 2.24) is 9.34 Å². The summed E-state index contributed by atoms with van der Waals surface area (Å²) in [5.74, 6) is 0. The number of nitrogens with zero attached hydrogens (tertiary/aromatic N) is 2. The van der Waals surface area contributed by atoms with E-state index < -0.39 is 0 Å². The number of fused-ring (bicyclic) bond motifs is 1. The van der Waals surface area contributed by atoms with Crippen LogP contribution in [0.4, 0.5) is 0 Å². The molecule has 3 rings (SSSR count). The molecule has 1 saturated carbocycles. The van der Waals surface area contributed by atoms with Crippen molar-refractivity contribution < 1.29 is 4.74 Å². The molecular weight excluding hydrogens is 267 g/mol. The van der Waals surface area contributed by atoms with Gasteiger partial charge in [0, 0.05) is 24.5 Å². The molecule has 110 valence electrons. The molecule has 20 heavy (non-hydrogen) atoms. The minimum Gasteiger partial charge on any atom is -0.380 e. The Morgan fingerprint density at radius 2 is 1.70 bits per heavy atom. The van der Waals surface area contributed by atoms with Crippen LogP contribution < -0.4 is 5.30 Å². The van der Waals surface area contributed by atoms with E-state index in [4.69, 9.17) is 4.74 Å². The molecule has 0 amide bonds. The van der Waals surface area contributed by atoms with E-state index in [-0.39, 0.29) is 8.22 Å². The van der Waals surface area contributed by atoms with Crippen LogP contribution in [0.1, 0.15) is 31.2 Å². The molecule has 0 bridgehead atoms. The quantitative estimate of drug-likeness (QED) is 0.797. The average molecular weight is 292 g/mol. The fourth-order valence-corrected chi connectivity index (χ4v) is 6.63. The summed E-state index contributed by atoms with van der Waals surface area (Å²) in [6, 6.07) is 10.3. The van der Waals surface area contributed by atoms with Gasteiger partial charge in [0.2, 0.25) is 0 Å². The highest BCUT2D eigenvalue weighted by molar-refractivity contribution is 7.61. The molecule has 1 aliphatic heterocycles. The maximum absolute atomic E-state index is 5.39. The second-order valence-electron chi connectivity index (χ2n) is 5.92. The van der Waals surface area contributed by atoms with Gasteiger partial charge < -0.3 is 4.74 Å². The Labute approximate surface area is 123 Å². The molecule has 2 atom stereocenters. The Hall–Kier alpha value is -0.470. The maximum Gasteiger partial charge on any atom is 0.0729 e. The normalized spacial score (nSPS) is 28.8. The summed E-state index contributed by atoms with van der Waals surface area (Å²) in [7, 11) is 6.07. The molecule has 4 heteroatoms. The first kappa shape index (κ1) is 14.5. The number of ether oxygens (including phenoxy) is 1. The lowest BCUT2D eigenvalue weighted by atomic mass is 9.91. The van der Waals surface area contributed by atoms with Gasteiger partial charge >= 0.3 is 0 Å². The lowest BCUT2D eigenvalue weighted by Crippen LogP contribution is -2.37. The first-order chi connectivity index (χ1) is 9.74. The fraction of sp³-hybridized carbons (Fsp3) is 0.625. The van der Waals surface area contributed by atoms with E-state index in [0.717, 1.165) is 12.1 Å². The first-order valence-electron chi connectivity index (χ1n) is 7.56. The van der Waals surface area contributed by atoms with Crippen molar-refractivity contribution in [2.24, 2.45) is 0 Å². The van der Waals surface area contributed by atoms with Gasteiger partial charge in [0.05, 0.1) is 14.8 Å². The van der Waals surface area contributed by atoms with Gasteiger partial charge in [-0.25, -0.2) is 0 Å². The van der Waals surface area contributed by atoms with Crippen molar-refractivity contribution in [2.75, 3.05) is 21.2 Å². The van der Waals surface area contributed by atoms with Crippen LogP contribution in [0.15, 0.2) is 24.3 Å². The molecule has 0 N–H and O–H groups in total. The molecule has 2 fully saturated rings. The lowest BCUT2D eigenvalue weighted by Gasteiger charge is -2.29. The lowest BCUT2D eigenvalue weighted by molar-refractivity contribution is 0.185. The predicted octanol–water partition coefficient (Wildman–Crippen LogP) is 2.96. The summed E-state index contributed by atoms with van der Waals surface area (Å²) in [6.07, 6.45) is 5.50. The first-order valence-corrected chi connectivity index (χ1v) is 8.81. The van der Waals surface area contributed by atoms with Gasteiger partial charge in [-0.2, -0.15) is 0 Å². The highest BCUT2D eigenvalue weighted by Gasteiger charge is 2.45. The minimum absolute atomic E-state index is 0.359. The van der Waals surface area contributed by atoms with E-state index in [1.807, 2.05) is 0 Å². The van der Waals surface area contributed by atoms with E-state index in [9.17, 15) is 0 Å². The Morgan fingerprint density at radius 1 is 1.10 bits per heavy atom. The van der Waals surface area contributed by atoms with Crippen molar-refractivity contribution in [1.29, 1.82) is 0 Å². The number of hydrogen-bond donors (Lipinski definition) is 0. The minimum atomic E-state index is -0.359. The van der Waals surface area contributed by atoms with Crippen LogP contribution >= 0.6 is 8.22 Å². The van der Waals surface area contributed by atoms with Gasteiger partial charge in [-0.1, -0.05) is 37.1 Å². The average Bonchev–Trinajstić information content (AvgIpc) is 2.73. The molecule has 1 saturated heterocycles. The van der Waals surface area contributed by atoms with Crippen molar-refractivity contribution in [3.63, 3.8) is 0 Å². The standard InChI is InChI=1S/C16H25N2OP/c1-17-14-9-5-6-10-15(14)18(2)20(17)16-11-7-4-8-13(16)12-19-3/h4,7-8,11,14-15H,5-6,9-10,12H2,1-3H3/t14-,15-/m1/s1. The summed E-state index contributed by atoms with van der Waals surface area (Å²) in [4.78, 5) is 0. The maximum atomic E-state index is 5.39. The molecule has 2 aliphatic rings. The Kier molecular flexibility index (Phi) is 4.42. The molecule has 0 aromatic heterocycles. The summed E-state index contributed by atoms with van der Waals surface area (Å²) >= 11 is 0. The summed E-state index contributed by atoms with van der Waals surface area (Å²) in [5, 5.41) is 1.48. The van der Waals surface area contributed by atoms with Crippen LogP contribution in [-0.4, -0.2) is 42.6 Å². The Balaban J connectivity index is 1.93. The number of hydrogen-bond acceptors (Lipinski definition) is 3. The molecule has 1 aromatic carbocycles. The van der Waals surface area contributed by atoms with Crippen LogP contribution in [0.5, 0.6) is 0 Å². The Bertz CT molecular complexity index is 450. The predicted molar refractivity (Wildman–Crippen MR) is 85.3 cm³/mol. The van der Waals surface area contributed by atoms with Gasteiger partial charge in [-0.05, 0) is 32.5 Å². The van der Waals surface area contributed by atoms with Crippen LogP contribution in [0.3, 0.4) is 0 Å². The van der Waals surface area contributed by atoms with Crippen LogP contribution in [0.2, 0.25) is 0 Å². The van der Waals surface area contributed by atoms with Gasteiger partial charge in [0.15, 0.2) is 0 Å². The molecule has 3 nitrogen and oxygen atoms in total. The monoisotopic (exact) mass is 292 g/mol. The summed E-state index contributed by atoms with van der Waals surface area (Å²) in [5.41, 5.74) is 1.35. The third-order valence-electron chi connectivity index (χ3n) is 4.76. The van der Waals surface area contributed by atoms with Crippen molar-refractivity contribution in [3.05, 3.63) is 29.8 Å². The Morgan fingerprint density at radius 3 is 2.30 bits per heavy atom. The third-order valence-corrected chi connectivity index (χ3v) is 7.41. The van der Waals surface area contributed by atoms with Gasteiger partial charge in [-0.15, -0.1) is 0 Å². The van der Waals surface area contributed by atoms with E-state index in [1.165, 1.54) is 36.6 Å². The van der Waals surface area contributed by atoms with Crippen molar-refractivity contribution in [2.45, 2.75) is 44.4 Å². The van der Waals surface area contributed by atoms with Crippen LogP contribution in [0, 0.1) is 0 Å². The van der Waals surface area contributed by atoms with E-state index in [1.54, 1.807) is 7.11 Å². The van der Waals surface area contributed by atoms with Crippen molar-refractivity contribution in [3.8, 4) is 0 Å². The van der Waals surface area contributed by atoms with E-state index in [2.05, 4.69) is 47.7 Å². The van der Waals surface area contributed by atoms with Gasteiger partial charge in [0.25, 0.3) is 0 Å². The zero-order valence-electron chi connectivity index (χ0n) is 12.7. The van der Waals surface area contributed by atoms with Crippen LogP contribution in [-0.2, 0) is 11.3 Å². The highest BCUT2D eigenvalue weighted by Crippen LogP contribution is 2.54. The molecule has 0 radical (unpaired) electrons. The number of methoxy groups -OCH3 is 1. The number of rotatable bonds is 3. The van der Waals surface area contributed by atoms with Gasteiger partial charge in [0.1, 0.15) is 0 Å². The van der Waals surface area contributed by atoms with Crippen molar-refractivity contribution >= 4 is 13.5 Å². The second-order valence-corrected chi connectivity index (χ2v) is 8.24. The van der Waals surface area contributed by atoms with E-state index >= 15 is 0 Å². The molecule has 0 spiro atoms. The smallest absolute Gasteiger partial charge is 0.0729 e. The zero-order valence-corrected chi connectivity index (χ0v) is 13.6. The fourth-order valence-electron chi connectivity index (χ4n) is 3.79. The highest BCUT2D eigenvalue weighted by atomic mass is 31.1. The largest absolute Gasteiger partial charge is 0.380 e. The van der Waals surface area contributed by atoms with Crippen LogP contribution in [0.25, 0.3) is 0 Å². The number of likely N-dealkylation sites (N-methyl/N-ethyl adjacent to an activating group) is 2. The second kappa shape index (κ2) is 6.11. The SMILES string of the molecule is COCc1ccccc1P1N(C)[C@@H]2CCCC[C@H]2N1C. The molecule has 1 heterocycles. The van der Waals surface area contributed by atoms with Gasteiger partial charge in [-0.3, -0.25) is 9.34 Å². The van der Waals surface area contributed by atoms with E-state index in [0.29, 0.717) is 6.61 Å². The summed E-state index contributed by atoms with van der Waals surface area (Å²) < 4.78 is 10.7. The molecule has 1 aromatic rings. The summed E-state index contributed by atoms with van der Waals surface area (Å²) in [6.45, 7) is 0.714. The zero-order chi connectivity index (χ0) is 14.1. The topological polar surface area (TPSA) is 15.7 Å². The molecule has 0 unspecified atom stereocenters. The molecule has 1 aliphatic carbocycles.